The summed E-state index contributed by atoms with van der Waals surface area (Å²) in [6.07, 6.45) is 1.34. The SMILES string of the molecule is CCOc1cc(/C=C2\C(=O)NC(=O)N(c3ccc(OCc4ccc(Cl)cc4Cl)cc3)C2=O)cc(I)c1O. The number of halogens is 3. The highest BCUT2D eigenvalue weighted by molar-refractivity contribution is 14.1. The van der Waals surface area contributed by atoms with Crippen LogP contribution in [-0.2, 0) is 16.2 Å². The van der Waals surface area contributed by atoms with E-state index in [4.69, 9.17) is 32.7 Å². The summed E-state index contributed by atoms with van der Waals surface area (Å²) in [5.74, 6) is -0.966. The number of nitrogens with one attached hydrogen (secondary N) is 1. The third kappa shape index (κ3) is 6.00. The van der Waals surface area contributed by atoms with Gasteiger partial charge in [-0.05, 0) is 89.7 Å². The minimum atomic E-state index is -0.871. The molecule has 0 unspecified atom stereocenters. The molecule has 0 aliphatic carbocycles. The van der Waals surface area contributed by atoms with E-state index in [9.17, 15) is 19.5 Å². The Bertz CT molecular complexity index is 1430. The second-order valence-electron chi connectivity index (χ2n) is 7.76. The summed E-state index contributed by atoms with van der Waals surface area (Å²) in [6.45, 7) is 2.27. The van der Waals surface area contributed by atoms with Crippen LogP contribution in [-0.4, -0.2) is 29.6 Å². The average molecular weight is 653 g/mol. The number of hydrogen-bond acceptors (Lipinski definition) is 6. The molecule has 1 aliphatic heterocycles. The number of imide groups is 2. The number of phenols is 1. The Morgan fingerprint density at radius 2 is 1.76 bits per heavy atom. The predicted octanol–water partition coefficient (Wildman–Crippen LogP) is 5.95. The van der Waals surface area contributed by atoms with Crippen LogP contribution in [0, 0.1) is 3.57 Å². The van der Waals surface area contributed by atoms with E-state index in [1.807, 2.05) is 22.6 Å². The summed E-state index contributed by atoms with van der Waals surface area (Å²) in [4.78, 5) is 39.1. The summed E-state index contributed by atoms with van der Waals surface area (Å²) in [7, 11) is 0. The van der Waals surface area contributed by atoms with Crippen molar-refractivity contribution in [1.82, 2.24) is 5.32 Å². The maximum absolute atomic E-state index is 13.2. The fourth-order valence-electron chi connectivity index (χ4n) is 3.49. The van der Waals surface area contributed by atoms with Crippen LogP contribution in [0.1, 0.15) is 18.1 Å². The number of amides is 4. The van der Waals surface area contributed by atoms with Crippen molar-refractivity contribution >= 4 is 75.4 Å². The van der Waals surface area contributed by atoms with E-state index >= 15 is 0 Å². The van der Waals surface area contributed by atoms with Gasteiger partial charge in [0, 0.05) is 15.6 Å². The molecule has 3 aromatic rings. The number of barbiturate groups is 1. The van der Waals surface area contributed by atoms with Gasteiger partial charge in [0.05, 0.1) is 15.9 Å². The van der Waals surface area contributed by atoms with Gasteiger partial charge in [-0.15, -0.1) is 0 Å². The highest BCUT2D eigenvalue weighted by Gasteiger charge is 2.36. The lowest BCUT2D eigenvalue weighted by molar-refractivity contribution is -0.122. The Balaban J connectivity index is 1.56. The molecule has 0 radical (unpaired) electrons. The highest BCUT2D eigenvalue weighted by Crippen LogP contribution is 2.34. The van der Waals surface area contributed by atoms with E-state index in [2.05, 4.69) is 5.32 Å². The molecule has 0 spiro atoms. The van der Waals surface area contributed by atoms with E-state index in [0.717, 1.165) is 10.5 Å². The second-order valence-corrected chi connectivity index (χ2v) is 9.76. The first-order valence-electron chi connectivity index (χ1n) is 10.9. The summed E-state index contributed by atoms with van der Waals surface area (Å²) in [5, 5.41) is 13.3. The number of phenolic OH excluding ortho intramolecular Hbond substituents is 1. The number of ether oxygens (including phenoxy) is 2. The summed E-state index contributed by atoms with van der Waals surface area (Å²) < 4.78 is 11.6. The van der Waals surface area contributed by atoms with Gasteiger partial charge in [-0.2, -0.15) is 0 Å². The standard InChI is InChI=1S/C26H19Cl2IN2O6/c1-2-36-22-11-14(10-21(29)23(22)32)9-19-24(33)30-26(35)31(25(19)34)17-5-7-18(8-6-17)37-13-15-3-4-16(27)12-20(15)28/h3-12,32H,2,13H2,1H3,(H,30,33,35)/b19-9+. The molecular weight excluding hydrogens is 634 g/mol. The van der Waals surface area contributed by atoms with Crippen LogP contribution in [0.4, 0.5) is 10.5 Å². The van der Waals surface area contributed by atoms with Crippen LogP contribution in [0.5, 0.6) is 17.2 Å². The van der Waals surface area contributed by atoms with E-state index in [0.29, 0.717) is 31.5 Å². The molecule has 1 saturated heterocycles. The van der Waals surface area contributed by atoms with Crippen molar-refractivity contribution in [3.63, 3.8) is 0 Å². The molecule has 37 heavy (non-hydrogen) atoms. The van der Waals surface area contributed by atoms with Crippen molar-refractivity contribution in [2.75, 3.05) is 11.5 Å². The van der Waals surface area contributed by atoms with E-state index < -0.39 is 17.8 Å². The van der Waals surface area contributed by atoms with Crippen LogP contribution in [0.3, 0.4) is 0 Å². The number of hydrogen-bond donors (Lipinski definition) is 2. The van der Waals surface area contributed by atoms with E-state index in [-0.39, 0.29) is 29.4 Å². The molecule has 3 aromatic carbocycles. The monoisotopic (exact) mass is 652 g/mol. The normalized spacial score (nSPS) is 14.6. The molecule has 1 heterocycles. The van der Waals surface area contributed by atoms with Gasteiger partial charge in [-0.3, -0.25) is 14.9 Å². The Morgan fingerprint density at radius 3 is 2.43 bits per heavy atom. The summed E-state index contributed by atoms with van der Waals surface area (Å²) >= 11 is 14.0. The first-order chi connectivity index (χ1) is 17.7. The molecule has 1 aliphatic rings. The molecule has 4 amide bonds. The number of urea groups is 1. The second kappa shape index (κ2) is 11.4. The Kier molecular flexibility index (Phi) is 8.25. The molecule has 2 N–H and O–H groups in total. The maximum atomic E-state index is 13.2. The zero-order chi connectivity index (χ0) is 26.7. The van der Waals surface area contributed by atoms with Crippen molar-refractivity contribution in [2.45, 2.75) is 13.5 Å². The molecule has 4 rings (SSSR count). The number of benzene rings is 3. The van der Waals surface area contributed by atoms with Crippen LogP contribution in [0.15, 0.2) is 60.2 Å². The van der Waals surface area contributed by atoms with Gasteiger partial charge in [0.25, 0.3) is 11.8 Å². The minimum absolute atomic E-state index is 0.0403. The number of rotatable bonds is 7. The summed E-state index contributed by atoms with van der Waals surface area (Å²) in [6, 6.07) is 13.6. The molecule has 8 nitrogen and oxygen atoms in total. The Morgan fingerprint density at radius 1 is 1.03 bits per heavy atom. The van der Waals surface area contributed by atoms with Crippen LogP contribution in [0.2, 0.25) is 10.0 Å². The lowest BCUT2D eigenvalue weighted by Gasteiger charge is -2.26. The number of anilines is 1. The fraction of sp³-hybridized carbons (Fsp3) is 0.115. The van der Waals surface area contributed by atoms with E-state index in [1.54, 1.807) is 43.3 Å². The number of carbonyl (C=O) groups excluding carboxylic acids is 3. The summed E-state index contributed by atoms with van der Waals surface area (Å²) in [5.41, 5.74) is 1.18. The van der Waals surface area contributed by atoms with Gasteiger partial charge in [0.15, 0.2) is 11.5 Å². The average Bonchev–Trinajstić information content (AvgIpc) is 2.85. The van der Waals surface area contributed by atoms with Gasteiger partial charge in [0.2, 0.25) is 0 Å². The van der Waals surface area contributed by atoms with Crippen LogP contribution < -0.4 is 19.7 Å². The van der Waals surface area contributed by atoms with Gasteiger partial charge in [0.1, 0.15) is 17.9 Å². The van der Waals surface area contributed by atoms with Gasteiger partial charge in [-0.1, -0.05) is 29.3 Å². The first-order valence-corrected chi connectivity index (χ1v) is 12.7. The zero-order valence-electron chi connectivity index (χ0n) is 19.3. The molecular formula is C26H19Cl2IN2O6. The fourth-order valence-corrected chi connectivity index (χ4v) is 4.58. The molecule has 0 aromatic heterocycles. The lowest BCUT2D eigenvalue weighted by atomic mass is 10.1. The van der Waals surface area contributed by atoms with Gasteiger partial charge < -0.3 is 14.6 Å². The topological polar surface area (TPSA) is 105 Å². The van der Waals surface area contributed by atoms with Crippen molar-refractivity contribution in [2.24, 2.45) is 0 Å². The van der Waals surface area contributed by atoms with Crippen molar-refractivity contribution < 1.29 is 29.0 Å². The van der Waals surface area contributed by atoms with Gasteiger partial charge >= 0.3 is 6.03 Å². The maximum Gasteiger partial charge on any atom is 0.335 e. The quantitative estimate of drug-likeness (QED) is 0.186. The Labute approximate surface area is 235 Å². The molecule has 1 fully saturated rings. The van der Waals surface area contributed by atoms with Crippen molar-refractivity contribution in [3.8, 4) is 17.2 Å². The highest BCUT2D eigenvalue weighted by atomic mass is 127. The Hall–Kier alpha value is -3.28. The number of carbonyl (C=O) groups is 3. The molecule has 0 saturated carbocycles. The molecule has 190 valence electrons. The first kappa shape index (κ1) is 26.8. The molecule has 0 atom stereocenters. The molecule has 11 heteroatoms. The molecule has 0 bridgehead atoms. The van der Waals surface area contributed by atoms with Crippen LogP contribution in [0.25, 0.3) is 6.08 Å². The lowest BCUT2D eigenvalue weighted by Crippen LogP contribution is -2.54. The van der Waals surface area contributed by atoms with Crippen molar-refractivity contribution in [1.29, 1.82) is 0 Å². The van der Waals surface area contributed by atoms with Crippen molar-refractivity contribution in [3.05, 3.63) is 84.9 Å². The minimum Gasteiger partial charge on any atom is -0.504 e. The smallest absolute Gasteiger partial charge is 0.335 e. The number of nitrogens with zero attached hydrogens (tertiary/aromatic N) is 1. The number of aromatic hydroxyl groups is 1. The third-order valence-electron chi connectivity index (χ3n) is 5.27. The largest absolute Gasteiger partial charge is 0.504 e. The third-order valence-corrected chi connectivity index (χ3v) is 6.68. The van der Waals surface area contributed by atoms with Gasteiger partial charge in [-0.25, -0.2) is 9.69 Å². The van der Waals surface area contributed by atoms with E-state index in [1.165, 1.54) is 24.3 Å². The zero-order valence-corrected chi connectivity index (χ0v) is 22.9. The predicted molar refractivity (Wildman–Crippen MR) is 148 cm³/mol. The van der Waals surface area contributed by atoms with Crippen LogP contribution >= 0.6 is 45.8 Å².